The highest BCUT2D eigenvalue weighted by Gasteiger charge is 1.86. The number of benzene rings is 1. The lowest BCUT2D eigenvalue weighted by Crippen LogP contribution is -2.24. The summed E-state index contributed by atoms with van der Waals surface area (Å²) in [5.41, 5.74) is 9.70. The van der Waals surface area contributed by atoms with E-state index >= 15 is 0 Å². The Morgan fingerprint density at radius 1 is 1.40 bits per heavy atom. The van der Waals surface area contributed by atoms with E-state index in [1.807, 2.05) is 49.4 Å². The number of nitrogens with zero attached hydrogens (tertiary/aromatic N) is 1. The summed E-state index contributed by atoms with van der Waals surface area (Å²) in [4.78, 5) is 0. The molecule has 1 rings (SSSR count). The first-order valence-electron chi connectivity index (χ1n) is 4.51. The summed E-state index contributed by atoms with van der Waals surface area (Å²) in [6, 6.07) is 9.99. The molecule has 0 atom stereocenters. The lowest BCUT2D eigenvalue weighted by atomic mass is 10.2. The highest BCUT2D eigenvalue weighted by atomic mass is 32.1. The van der Waals surface area contributed by atoms with E-state index in [2.05, 4.69) is 22.7 Å². The van der Waals surface area contributed by atoms with E-state index in [4.69, 9.17) is 5.73 Å². The van der Waals surface area contributed by atoms with Gasteiger partial charge >= 0.3 is 0 Å². The number of allylic oxidation sites excluding steroid dienone is 1. The Kier molecular flexibility index (Phi) is 4.50. The van der Waals surface area contributed by atoms with E-state index in [1.165, 1.54) is 0 Å². The predicted octanol–water partition coefficient (Wildman–Crippen LogP) is 1.91. The van der Waals surface area contributed by atoms with Crippen LogP contribution in [0.25, 0.3) is 6.08 Å². The van der Waals surface area contributed by atoms with Crippen LogP contribution in [0.5, 0.6) is 0 Å². The zero-order chi connectivity index (χ0) is 11.1. The number of nitrogens with two attached hydrogens (primary N) is 1. The molecule has 0 bridgehead atoms. The van der Waals surface area contributed by atoms with E-state index in [9.17, 15) is 0 Å². The van der Waals surface area contributed by atoms with Gasteiger partial charge in [-0.15, -0.1) is 0 Å². The Bertz CT molecular complexity index is 382. The summed E-state index contributed by atoms with van der Waals surface area (Å²) in [6.45, 7) is 1.87. The second kappa shape index (κ2) is 5.93. The fourth-order valence-electron chi connectivity index (χ4n) is 0.962. The first-order chi connectivity index (χ1) is 7.18. The molecule has 0 heterocycles. The van der Waals surface area contributed by atoms with E-state index in [0.29, 0.717) is 0 Å². The van der Waals surface area contributed by atoms with Crippen molar-refractivity contribution in [1.82, 2.24) is 5.43 Å². The van der Waals surface area contributed by atoms with Crippen LogP contribution in [0.3, 0.4) is 0 Å². The lowest BCUT2D eigenvalue weighted by Gasteiger charge is -1.96. The molecule has 0 unspecified atom stereocenters. The standard InChI is InChI=1S/C11H13N3S/c1-9(13-14-11(12)15)7-8-10-5-3-2-4-6-10/h2-8H,1H3,(H3,12,14,15)/b8-7+,13-9-. The molecule has 0 aliphatic carbocycles. The molecular formula is C11H13N3S. The van der Waals surface area contributed by atoms with Gasteiger partial charge in [-0.1, -0.05) is 36.4 Å². The molecule has 0 radical (unpaired) electrons. The number of hydrogen-bond donors (Lipinski definition) is 2. The summed E-state index contributed by atoms with van der Waals surface area (Å²) < 4.78 is 0. The van der Waals surface area contributed by atoms with Crippen molar-refractivity contribution < 1.29 is 0 Å². The molecule has 15 heavy (non-hydrogen) atoms. The Morgan fingerprint density at radius 3 is 2.67 bits per heavy atom. The summed E-state index contributed by atoms with van der Waals surface area (Å²) in [7, 11) is 0. The largest absolute Gasteiger partial charge is 0.375 e. The van der Waals surface area contributed by atoms with Gasteiger partial charge < -0.3 is 5.73 Å². The number of hydrazone groups is 1. The second-order valence-corrected chi connectivity index (χ2v) is 3.41. The van der Waals surface area contributed by atoms with Crippen molar-refractivity contribution in [1.29, 1.82) is 0 Å². The molecule has 0 aliphatic rings. The van der Waals surface area contributed by atoms with Gasteiger partial charge in [0, 0.05) is 0 Å². The van der Waals surface area contributed by atoms with Crippen LogP contribution in [-0.2, 0) is 0 Å². The van der Waals surface area contributed by atoms with Crippen LogP contribution in [0, 0.1) is 0 Å². The predicted molar refractivity (Wildman–Crippen MR) is 68.5 cm³/mol. The van der Waals surface area contributed by atoms with Gasteiger partial charge in [0.2, 0.25) is 0 Å². The molecule has 78 valence electrons. The van der Waals surface area contributed by atoms with E-state index in [1.54, 1.807) is 0 Å². The highest BCUT2D eigenvalue weighted by molar-refractivity contribution is 7.80. The molecule has 0 amide bonds. The Morgan fingerprint density at radius 2 is 2.07 bits per heavy atom. The summed E-state index contributed by atoms with van der Waals surface area (Å²) >= 11 is 4.63. The van der Waals surface area contributed by atoms with Crippen LogP contribution >= 0.6 is 12.2 Å². The molecule has 1 aromatic rings. The van der Waals surface area contributed by atoms with Crippen LogP contribution in [0.1, 0.15) is 12.5 Å². The monoisotopic (exact) mass is 219 g/mol. The quantitative estimate of drug-likeness (QED) is 0.464. The van der Waals surface area contributed by atoms with E-state index < -0.39 is 0 Å². The normalized spacial score (nSPS) is 11.7. The summed E-state index contributed by atoms with van der Waals surface area (Å²) in [6.07, 6.45) is 3.86. The molecule has 4 heteroatoms. The molecule has 3 N–H and O–H groups in total. The maximum atomic E-state index is 5.24. The van der Waals surface area contributed by atoms with Gasteiger partial charge in [0.05, 0.1) is 5.71 Å². The third-order valence-electron chi connectivity index (χ3n) is 1.66. The zero-order valence-electron chi connectivity index (χ0n) is 8.47. The average molecular weight is 219 g/mol. The summed E-state index contributed by atoms with van der Waals surface area (Å²) in [5, 5.41) is 4.12. The van der Waals surface area contributed by atoms with E-state index in [0.717, 1.165) is 11.3 Å². The molecule has 3 nitrogen and oxygen atoms in total. The van der Waals surface area contributed by atoms with Crippen LogP contribution < -0.4 is 11.2 Å². The van der Waals surface area contributed by atoms with E-state index in [-0.39, 0.29) is 5.11 Å². The van der Waals surface area contributed by atoms with Crippen molar-refractivity contribution in [3.8, 4) is 0 Å². The highest BCUT2D eigenvalue weighted by Crippen LogP contribution is 2.00. The number of nitrogens with one attached hydrogen (secondary N) is 1. The number of rotatable bonds is 3. The van der Waals surface area contributed by atoms with Crippen molar-refractivity contribution in [3.05, 3.63) is 42.0 Å². The minimum atomic E-state index is 0.169. The smallest absolute Gasteiger partial charge is 0.184 e. The minimum Gasteiger partial charge on any atom is -0.375 e. The molecule has 0 aromatic heterocycles. The maximum Gasteiger partial charge on any atom is 0.184 e. The average Bonchev–Trinajstić information content (AvgIpc) is 2.25. The summed E-state index contributed by atoms with van der Waals surface area (Å²) in [5.74, 6) is 0. The number of hydrogen-bond acceptors (Lipinski definition) is 2. The van der Waals surface area contributed by atoms with Crippen molar-refractivity contribution in [2.75, 3.05) is 0 Å². The van der Waals surface area contributed by atoms with Crippen LogP contribution in [0.15, 0.2) is 41.5 Å². The second-order valence-electron chi connectivity index (χ2n) is 2.97. The van der Waals surface area contributed by atoms with Gasteiger partial charge in [0.1, 0.15) is 0 Å². The van der Waals surface area contributed by atoms with Crippen LogP contribution in [-0.4, -0.2) is 10.8 Å². The third kappa shape index (κ3) is 4.93. The van der Waals surface area contributed by atoms with Crippen molar-refractivity contribution in [2.24, 2.45) is 10.8 Å². The Hall–Kier alpha value is -1.68. The Labute approximate surface area is 94.7 Å². The number of thiocarbonyl (C=S) groups is 1. The topological polar surface area (TPSA) is 50.4 Å². The molecular weight excluding hydrogens is 206 g/mol. The zero-order valence-corrected chi connectivity index (χ0v) is 9.29. The van der Waals surface area contributed by atoms with Gasteiger partial charge in [0.25, 0.3) is 0 Å². The molecule has 0 aliphatic heterocycles. The SMILES string of the molecule is CC(/C=C/c1ccccc1)=N/NC(N)=S. The molecule has 1 aromatic carbocycles. The fourth-order valence-corrected chi connectivity index (χ4v) is 1.01. The van der Waals surface area contributed by atoms with Gasteiger partial charge in [-0.25, -0.2) is 0 Å². The fraction of sp³-hybridized carbons (Fsp3) is 0.0909. The Balaban J connectivity index is 2.58. The minimum absolute atomic E-state index is 0.169. The van der Waals surface area contributed by atoms with Gasteiger partial charge in [-0.05, 0) is 30.8 Å². The van der Waals surface area contributed by atoms with Crippen molar-refractivity contribution >= 4 is 29.1 Å². The maximum absolute atomic E-state index is 5.24. The van der Waals surface area contributed by atoms with Crippen LogP contribution in [0.4, 0.5) is 0 Å². The molecule has 0 saturated carbocycles. The van der Waals surface area contributed by atoms with Crippen molar-refractivity contribution in [3.63, 3.8) is 0 Å². The van der Waals surface area contributed by atoms with Gasteiger partial charge in [-0.3, -0.25) is 5.43 Å². The van der Waals surface area contributed by atoms with Gasteiger partial charge in [-0.2, -0.15) is 5.10 Å². The van der Waals surface area contributed by atoms with Crippen molar-refractivity contribution in [2.45, 2.75) is 6.92 Å². The molecule has 0 spiro atoms. The first kappa shape index (κ1) is 11.4. The molecule has 0 saturated heterocycles. The first-order valence-corrected chi connectivity index (χ1v) is 4.92. The third-order valence-corrected chi connectivity index (χ3v) is 1.75. The van der Waals surface area contributed by atoms with Crippen LogP contribution in [0.2, 0.25) is 0 Å². The van der Waals surface area contributed by atoms with Gasteiger partial charge in [0.15, 0.2) is 5.11 Å². The molecule has 0 fully saturated rings. The lowest BCUT2D eigenvalue weighted by molar-refractivity contribution is 1.03.